The molecule has 4 rings (SSSR count). The molecule has 1 saturated carbocycles. The molecule has 8 nitrogen and oxygen atoms in total. The van der Waals surface area contributed by atoms with Gasteiger partial charge in [-0.05, 0) is 89.9 Å². The van der Waals surface area contributed by atoms with Gasteiger partial charge in [-0.15, -0.1) is 0 Å². The van der Waals surface area contributed by atoms with Crippen LogP contribution in [0.5, 0.6) is 0 Å². The van der Waals surface area contributed by atoms with Crippen molar-refractivity contribution in [3.05, 3.63) is 47.2 Å². The number of carbonyl (C=O) groups is 3. The molecule has 2 amide bonds. The fourth-order valence-corrected chi connectivity index (χ4v) is 5.63. The van der Waals surface area contributed by atoms with Crippen molar-refractivity contribution in [2.75, 3.05) is 13.6 Å². The fourth-order valence-electron chi connectivity index (χ4n) is 5.50. The van der Waals surface area contributed by atoms with Crippen LogP contribution in [-0.4, -0.2) is 70.4 Å². The summed E-state index contributed by atoms with van der Waals surface area (Å²) in [6.07, 6.45) is 2.33. The quantitative estimate of drug-likeness (QED) is 0.570. The molecule has 1 saturated heterocycles. The van der Waals surface area contributed by atoms with Crippen LogP contribution >= 0.6 is 11.6 Å². The molecular formula is C27H34ClN3O5. The van der Waals surface area contributed by atoms with E-state index in [4.69, 9.17) is 16.0 Å². The number of nitrogens with one attached hydrogen (secondary N) is 1. The van der Waals surface area contributed by atoms with E-state index in [-0.39, 0.29) is 17.7 Å². The van der Waals surface area contributed by atoms with Crippen molar-refractivity contribution >= 4 is 29.4 Å². The monoisotopic (exact) mass is 515 g/mol. The first-order chi connectivity index (χ1) is 17.0. The lowest BCUT2D eigenvalue weighted by Crippen LogP contribution is -2.58. The van der Waals surface area contributed by atoms with Crippen LogP contribution in [0.15, 0.2) is 40.8 Å². The van der Waals surface area contributed by atoms with Gasteiger partial charge < -0.3 is 24.6 Å². The molecule has 1 unspecified atom stereocenters. The van der Waals surface area contributed by atoms with Gasteiger partial charge in [-0.2, -0.15) is 0 Å². The van der Waals surface area contributed by atoms with Crippen LogP contribution in [0.1, 0.15) is 57.0 Å². The second-order valence-electron chi connectivity index (χ2n) is 10.5. The molecule has 2 fully saturated rings. The van der Waals surface area contributed by atoms with Gasteiger partial charge in [0.25, 0.3) is 5.91 Å². The zero-order valence-electron chi connectivity index (χ0n) is 21.2. The van der Waals surface area contributed by atoms with Gasteiger partial charge in [0.1, 0.15) is 11.8 Å². The Morgan fingerprint density at radius 2 is 1.86 bits per heavy atom. The van der Waals surface area contributed by atoms with Gasteiger partial charge in [-0.3, -0.25) is 14.4 Å². The molecule has 36 heavy (non-hydrogen) atoms. The molecule has 1 aromatic carbocycles. The minimum Gasteiger partial charge on any atom is -0.481 e. The summed E-state index contributed by atoms with van der Waals surface area (Å²) < 4.78 is 5.72. The van der Waals surface area contributed by atoms with Crippen LogP contribution in [0.25, 0.3) is 11.3 Å². The third-order valence-corrected chi connectivity index (χ3v) is 8.18. The standard InChI is InChI=1S/C27H34ClN3O5/c1-16(2)30(4)19-9-12-23(27(3,15-19)26(34)35)31-14-13-20(25(31)33)29-24(32)22-11-10-21(36-22)17-5-7-18(28)8-6-17/h5-8,10-11,16,19-20,23H,9,12-15H2,1-4H3,(H,29,32)(H,34,35)/t19-,20?,23+,27+/m1/s1. The Balaban J connectivity index is 1.43. The summed E-state index contributed by atoms with van der Waals surface area (Å²) in [6.45, 7) is 6.36. The molecule has 0 spiro atoms. The molecule has 4 atom stereocenters. The van der Waals surface area contributed by atoms with Crippen molar-refractivity contribution in [3.8, 4) is 11.3 Å². The van der Waals surface area contributed by atoms with E-state index >= 15 is 0 Å². The van der Waals surface area contributed by atoms with Crippen molar-refractivity contribution in [2.24, 2.45) is 5.41 Å². The number of carboxylic acid groups (broad SMARTS) is 1. The van der Waals surface area contributed by atoms with Crippen molar-refractivity contribution in [3.63, 3.8) is 0 Å². The first kappa shape index (κ1) is 26.2. The maximum Gasteiger partial charge on any atom is 0.311 e. The van der Waals surface area contributed by atoms with E-state index in [2.05, 4.69) is 24.1 Å². The second kappa shape index (κ2) is 10.3. The maximum atomic E-state index is 13.3. The summed E-state index contributed by atoms with van der Waals surface area (Å²) in [5.74, 6) is -0.963. The number of nitrogens with zero attached hydrogens (tertiary/aromatic N) is 2. The predicted molar refractivity (Wildman–Crippen MR) is 137 cm³/mol. The molecule has 2 heterocycles. The highest BCUT2D eigenvalue weighted by molar-refractivity contribution is 6.30. The van der Waals surface area contributed by atoms with Crippen molar-refractivity contribution in [1.82, 2.24) is 15.1 Å². The molecule has 1 aliphatic carbocycles. The smallest absolute Gasteiger partial charge is 0.311 e. The second-order valence-corrected chi connectivity index (χ2v) is 10.9. The Morgan fingerprint density at radius 1 is 1.17 bits per heavy atom. The van der Waals surface area contributed by atoms with Gasteiger partial charge in [0.2, 0.25) is 5.91 Å². The van der Waals surface area contributed by atoms with Crippen molar-refractivity contribution < 1.29 is 23.9 Å². The first-order valence-electron chi connectivity index (χ1n) is 12.4. The lowest BCUT2D eigenvalue weighted by Gasteiger charge is -2.48. The number of halogens is 1. The lowest BCUT2D eigenvalue weighted by molar-refractivity contribution is -0.159. The molecule has 0 radical (unpaired) electrons. The van der Waals surface area contributed by atoms with Crippen molar-refractivity contribution in [2.45, 2.75) is 70.6 Å². The molecule has 1 aliphatic heterocycles. The first-order valence-corrected chi connectivity index (χ1v) is 12.8. The third kappa shape index (κ3) is 5.02. The number of hydrogen-bond donors (Lipinski definition) is 2. The largest absolute Gasteiger partial charge is 0.481 e. The van der Waals surface area contributed by atoms with Gasteiger partial charge >= 0.3 is 5.97 Å². The van der Waals surface area contributed by atoms with Crippen LogP contribution in [0.3, 0.4) is 0 Å². The van der Waals surface area contributed by atoms with Crippen LogP contribution < -0.4 is 5.32 Å². The highest BCUT2D eigenvalue weighted by Crippen LogP contribution is 2.42. The number of benzene rings is 1. The zero-order valence-corrected chi connectivity index (χ0v) is 21.9. The molecule has 2 aliphatic rings. The molecule has 0 bridgehead atoms. The van der Waals surface area contributed by atoms with Gasteiger partial charge in [0, 0.05) is 35.3 Å². The van der Waals surface area contributed by atoms with Crippen LogP contribution in [0.2, 0.25) is 5.02 Å². The van der Waals surface area contributed by atoms with Gasteiger partial charge in [0.15, 0.2) is 5.76 Å². The van der Waals surface area contributed by atoms with Crippen molar-refractivity contribution in [1.29, 1.82) is 0 Å². The predicted octanol–water partition coefficient (Wildman–Crippen LogP) is 4.28. The number of hydrogen-bond acceptors (Lipinski definition) is 5. The normalized spacial score (nSPS) is 26.6. The van der Waals surface area contributed by atoms with Gasteiger partial charge in [-0.25, -0.2) is 0 Å². The van der Waals surface area contributed by atoms with Crippen LogP contribution in [0, 0.1) is 5.41 Å². The fraction of sp³-hybridized carbons (Fsp3) is 0.519. The Kier molecular flexibility index (Phi) is 7.48. The summed E-state index contributed by atoms with van der Waals surface area (Å²) in [4.78, 5) is 42.5. The van der Waals surface area contributed by atoms with Gasteiger partial charge in [-0.1, -0.05) is 11.6 Å². The van der Waals surface area contributed by atoms with E-state index in [1.165, 1.54) is 0 Å². The Hall–Kier alpha value is -2.84. The molecule has 2 N–H and O–H groups in total. The minimum absolute atomic E-state index is 0.110. The SMILES string of the molecule is CC(C)N(C)[C@@H]1CC[C@H](N2CCC(NC(=O)c3ccc(-c4ccc(Cl)cc4)o3)C2=O)[C@@](C)(C(=O)O)C1. The van der Waals surface area contributed by atoms with E-state index < -0.39 is 29.4 Å². The summed E-state index contributed by atoms with van der Waals surface area (Å²) >= 11 is 5.93. The number of carboxylic acids is 1. The Bertz CT molecular complexity index is 1130. The summed E-state index contributed by atoms with van der Waals surface area (Å²) in [6, 6.07) is 9.67. The molecular weight excluding hydrogens is 482 g/mol. The number of likely N-dealkylation sites (tertiary alicyclic amines) is 1. The van der Waals surface area contributed by atoms with E-state index in [9.17, 15) is 19.5 Å². The van der Waals surface area contributed by atoms with E-state index in [1.54, 1.807) is 48.2 Å². The molecule has 2 aromatic rings. The number of carbonyl (C=O) groups excluding carboxylic acids is 2. The van der Waals surface area contributed by atoms with E-state index in [0.717, 1.165) is 12.0 Å². The number of amides is 2. The third-order valence-electron chi connectivity index (χ3n) is 7.93. The van der Waals surface area contributed by atoms with Gasteiger partial charge in [0.05, 0.1) is 5.41 Å². The summed E-state index contributed by atoms with van der Waals surface area (Å²) in [7, 11) is 2.03. The van der Waals surface area contributed by atoms with Crippen LogP contribution in [0.4, 0.5) is 0 Å². The van der Waals surface area contributed by atoms with Crippen LogP contribution in [-0.2, 0) is 9.59 Å². The van der Waals surface area contributed by atoms with E-state index in [0.29, 0.717) is 42.6 Å². The zero-order chi connectivity index (χ0) is 26.2. The maximum absolute atomic E-state index is 13.3. The van der Waals surface area contributed by atoms with E-state index in [1.807, 2.05) is 7.05 Å². The Labute approximate surface area is 216 Å². The molecule has 1 aromatic heterocycles. The highest BCUT2D eigenvalue weighted by atomic mass is 35.5. The lowest BCUT2D eigenvalue weighted by atomic mass is 9.68. The number of furan rings is 1. The topological polar surface area (TPSA) is 103 Å². The minimum atomic E-state index is -1.06. The number of aliphatic carboxylic acids is 1. The highest BCUT2D eigenvalue weighted by Gasteiger charge is 2.52. The number of rotatable bonds is 7. The molecule has 9 heteroatoms. The summed E-state index contributed by atoms with van der Waals surface area (Å²) in [5.41, 5.74) is -0.275. The summed E-state index contributed by atoms with van der Waals surface area (Å²) in [5, 5.41) is 13.6. The molecule has 194 valence electrons. The Morgan fingerprint density at radius 3 is 2.50 bits per heavy atom. The average molecular weight is 516 g/mol. The average Bonchev–Trinajstić information content (AvgIpc) is 3.47.